The van der Waals surface area contributed by atoms with Crippen LogP contribution in [0.4, 0.5) is 10.5 Å². The highest BCUT2D eigenvalue weighted by molar-refractivity contribution is 8.18. The molecule has 29 heavy (non-hydrogen) atoms. The number of amides is 3. The van der Waals surface area contributed by atoms with Gasteiger partial charge in [-0.1, -0.05) is 12.1 Å². The number of anilines is 1. The molecule has 11 heteroatoms. The first-order valence-corrected chi connectivity index (χ1v) is 10.5. The zero-order chi connectivity index (χ0) is 21.0. The van der Waals surface area contributed by atoms with E-state index in [1.54, 1.807) is 30.3 Å². The highest BCUT2D eigenvalue weighted by Crippen LogP contribution is 2.26. The van der Waals surface area contributed by atoms with Crippen LogP contribution in [0.1, 0.15) is 5.56 Å². The quantitative estimate of drug-likeness (QED) is 0.588. The minimum Gasteiger partial charge on any atom is -0.484 e. The number of hydrogen-bond donors (Lipinski definition) is 3. The summed E-state index contributed by atoms with van der Waals surface area (Å²) in [5.41, 5.74) is 1.02. The number of imide groups is 1. The second-order valence-electron chi connectivity index (χ2n) is 5.83. The number of carbonyl (C=O) groups is 3. The number of rotatable bonds is 6. The van der Waals surface area contributed by atoms with Gasteiger partial charge in [-0.2, -0.15) is 0 Å². The smallest absolute Gasteiger partial charge is 0.290 e. The highest BCUT2D eigenvalue weighted by Gasteiger charge is 2.24. The number of benzene rings is 2. The van der Waals surface area contributed by atoms with Gasteiger partial charge >= 0.3 is 0 Å². The molecule has 0 atom stereocenters. The summed E-state index contributed by atoms with van der Waals surface area (Å²) in [6.07, 6.45) is 1.55. The van der Waals surface area contributed by atoms with Crippen molar-refractivity contribution in [3.8, 4) is 5.75 Å². The molecular weight excluding hydrogens is 418 g/mol. The second-order valence-corrected chi connectivity index (χ2v) is 8.41. The van der Waals surface area contributed by atoms with Crippen molar-refractivity contribution in [3.63, 3.8) is 0 Å². The van der Waals surface area contributed by atoms with E-state index in [1.165, 1.54) is 24.3 Å². The van der Waals surface area contributed by atoms with E-state index in [0.29, 0.717) is 17.0 Å². The maximum absolute atomic E-state index is 12.0. The van der Waals surface area contributed by atoms with Gasteiger partial charge in [-0.05, 0) is 59.8 Å². The molecule has 3 rings (SSSR count). The number of carbonyl (C=O) groups excluding carboxylic acids is 3. The van der Waals surface area contributed by atoms with Gasteiger partial charge in [-0.25, -0.2) is 13.6 Å². The van der Waals surface area contributed by atoms with Gasteiger partial charge in [0, 0.05) is 5.69 Å². The van der Waals surface area contributed by atoms with E-state index in [4.69, 9.17) is 9.88 Å². The molecule has 0 spiro atoms. The molecule has 1 fully saturated rings. The third kappa shape index (κ3) is 5.67. The molecule has 9 nitrogen and oxygen atoms in total. The minimum atomic E-state index is -3.80. The van der Waals surface area contributed by atoms with Crippen LogP contribution < -0.4 is 20.5 Å². The van der Waals surface area contributed by atoms with Crippen LogP contribution in [0.3, 0.4) is 0 Å². The lowest BCUT2D eigenvalue weighted by Crippen LogP contribution is -2.20. The molecule has 0 aromatic heterocycles. The molecule has 2 aromatic rings. The first kappa shape index (κ1) is 20.6. The van der Waals surface area contributed by atoms with Gasteiger partial charge in [0.25, 0.3) is 17.1 Å². The Bertz CT molecular complexity index is 1110. The van der Waals surface area contributed by atoms with Crippen LogP contribution in [-0.2, 0) is 19.6 Å². The molecule has 150 valence electrons. The van der Waals surface area contributed by atoms with E-state index in [9.17, 15) is 22.8 Å². The molecule has 1 aliphatic heterocycles. The first-order valence-electron chi connectivity index (χ1n) is 8.11. The van der Waals surface area contributed by atoms with Gasteiger partial charge in [-0.3, -0.25) is 19.7 Å². The molecular formula is C18H15N3O6S2. The third-order valence-electron chi connectivity index (χ3n) is 3.63. The summed E-state index contributed by atoms with van der Waals surface area (Å²) in [6.45, 7) is -0.287. The van der Waals surface area contributed by atoms with Gasteiger partial charge in [0.15, 0.2) is 6.61 Å². The fourth-order valence-corrected chi connectivity index (χ4v) is 3.54. The Morgan fingerprint density at radius 3 is 2.52 bits per heavy atom. The van der Waals surface area contributed by atoms with E-state index in [1.807, 2.05) is 0 Å². The molecule has 0 bridgehead atoms. The minimum absolute atomic E-state index is 0.0616. The normalized spacial score (nSPS) is 15.3. The summed E-state index contributed by atoms with van der Waals surface area (Å²) in [7, 11) is -3.80. The van der Waals surface area contributed by atoms with Crippen molar-refractivity contribution in [2.45, 2.75) is 4.90 Å². The molecule has 0 unspecified atom stereocenters. The summed E-state index contributed by atoms with van der Waals surface area (Å²) in [5.74, 6) is -0.513. The second kappa shape index (κ2) is 8.47. The molecule has 0 aliphatic carbocycles. The number of primary sulfonamides is 1. The molecule has 0 saturated carbocycles. The van der Waals surface area contributed by atoms with Crippen LogP contribution in [0.15, 0.2) is 58.3 Å². The molecule has 1 heterocycles. The summed E-state index contributed by atoms with van der Waals surface area (Å²) < 4.78 is 27.9. The SMILES string of the molecule is NS(=O)(=O)c1ccc(NC(=O)COc2cccc(/C=C3\SC(=O)NC3=O)c2)cc1. The fraction of sp³-hybridized carbons (Fsp3) is 0.0556. The third-order valence-corrected chi connectivity index (χ3v) is 5.37. The van der Waals surface area contributed by atoms with Gasteiger partial charge in [0.1, 0.15) is 5.75 Å². The van der Waals surface area contributed by atoms with Crippen molar-refractivity contribution in [3.05, 3.63) is 59.0 Å². The topological polar surface area (TPSA) is 145 Å². The van der Waals surface area contributed by atoms with Crippen molar-refractivity contribution in [2.24, 2.45) is 5.14 Å². The fourth-order valence-electron chi connectivity index (χ4n) is 2.34. The summed E-state index contributed by atoms with van der Waals surface area (Å²) >= 11 is 0.807. The Morgan fingerprint density at radius 2 is 1.90 bits per heavy atom. The number of thioether (sulfide) groups is 1. The lowest BCUT2D eigenvalue weighted by atomic mass is 10.2. The van der Waals surface area contributed by atoms with Crippen LogP contribution >= 0.6 is 11.8 Å². The van der Waals surface area contributed by atoms with E-state index >= 15 is 0 Å². The standard InChI is InChI=1S/C18H15N3O6S2/c19-29(25,26)14-6-4-12(5-7-14)20-16(22)10-27-13-3-1-2-11(8-13)9-15-17(23)21-18(24)28-15/h1-9H,10H2,(H,20,22)(H2,19,25,26)(H,21,23,24)/b15-9-. The van der Waals surface area contributed by atoms with Crippen LogP contribution in [-0.4, -0.2) is 32.1 Å². The van der Waals surface area contributed by atoms with Crippen LogP contribution in [0.5, 0.6) is 5.75 Å². The predicted octanol–water partition coefficient (Wildman–Crippen LogP) is 1.68. The molecule has 1 aliphatic rings. The number of nitrogens with one attached hydrogen (secondary N) is 2. The summed E-state index contributed by atoms with van der Waals surface area (Å²) in [4.78, 5) is 35.0. The van der Waals surface area contributed by atoms with E-state index in [2.05, 4.69) is 10.6 Å². The maximum atomic E-state index is 12.0. The Balaban J connectivity index is 1.58. The molecule has 2 aromatic carbocycles. The summed E-state index contributed by atoms with van der Waals surface area (Å²) in [5, 5.41) is 9.33. The van der Waals surface area contributed by atoms with Gasteiger partial charge in [0.05, 0.1) is 9.80 Å². The van der Waals surface area contributed by atoms with Crippen molar-refractivity contribution in [1.82, 2.24) is 5.32 Å². The van der Waals surface area contributed by atoms with Crippen molar-refractivity contribution in [1.29, 1.82) is 0 Å². The molecule has 4 N–H and O–H groups in total. The van der Waals surface area contributed by atoms with Gasteiger partial charge in [0.2, 0.25) is 10.0 Å². The molecule has 3 amide bonds. The molecule has 1 saturated heterocycles. The largest absolute Gasteiger partial charge is 0.484 e. The number of ether oxygens (including phenoxy) is 1. The Hall–Kier alpha value is -3.15. The monoisotopic (exact) mass is 433 g/mol. The first-order chi connectivity index (χ1) is 13.7. The van der Waals surface area contributed by atoms with E-state index in [-0.39, 0.29) is 16.4 Å². The van der Waals surface area contributed by atoms with Crippen LogP contribution in [0.25, 0.3) is 6.08 Å². The van der Waals surface area contributed by atoms with Gasteiger partial charge < -0.3 is 10.1 Å². The lowest BCUT2D eigenvalue weighted by Gasteiger charge is -2.08. The Labute approximate surface area is 170 Å². The van der Waals surface area contributed by atoms with Crippen LogP contribution in [0, 0.1) is 0 Å². The van der Waals surface area contributed by atoms with Crippen molar-refractivity contribution < 1.29 is 27.5 Å². The van der Waals surface area contributed by atoms with E-state index in [0.717, 1.165) is 11.8 Å². The average Bonchev–Trinajstić information content (AvgIpc) is 2.97. The maximum Gasteiger partial charge on any atom is 0.290 e. The number of nitrogens with two attached hydrogens (primary N) is 1. The van der Waals surface area contributed by atoms with Crippen molar-refractivity contribution >= 4 is 50.6 Å². The van der Waals surface area contributed by atoms with E-state index < -0.39 is 27.1 Å². The van der Waals surface area contributed by atoms with Crippen LogP contribution in [0.2, 0.25) is 0 Å². The molecule has 0 radical (unpaired) electrons. The van der Waals surface area contributed by atoms with Crippen molar-refractivity contribution in [2.75, 3.05) is 11.9 Å². The van der Waals surface area contributed by atoms with Gasteiger partial charge in [-0.15, -0.1) is 0 Å². The number of sulfonamides is 1. The Morgan fingerprint density at radius 1 is 1.17 bits per heavy atom. The zero-order valence-corrected chi connectivity index (χ0v) is 16.4. The summed E-state index contributed by atoms with van der Waals surface area (Å²) in [6, 6.07) is 12.1. The highest BCUT2D eigenvalue weighted by atomic mass is 32.2. The average molecular weight is 433 g/mol. The predicted molar refractivity (Wildman–Crippen MR) is 107 cm³/mol. The Kier molecular flexibility index (Phi) is 6.01. The zero-order valence-electron chi connectivity index (χ0n) is 14.7. The number of hydrogen-bond acceptors (Lipinski definition) is 7. The lowest BCUT2D eigenvalue weighted by molar-refractivity contribution is -0.118.